The van der Waals surface area contributed by atoms with Crippen molar-refractivity contribution in [3.8, 4) is 0 Å². The summed E-state index contributed by atoms with van der Waals surface area (Å²) in [7, 11) is 0. The Labute approximate surface area is 61.5 Å². The first-order valence-corrected chi connectivity index (χ1v) is 3.68. The number of rotatable bonds is 2. The van der Waals surface area contributed by atoms with Crippen LogP contribution in [0.2, 0.25) is 0 Å². The van der Waals surface area contributed by atoms with E-state index in [0.717, 1.165) is 12.8 Å². The van der Waals surface area contributed by atoms with E-state index < -0.39 is 6.29 Å². The van der Waals surface area contributed by atoms with Crippen LogP contribution in [0.5, 0.6) is 0 Å². The van der Waals surface area contributed by atoms with E-state index in [2.05, 4.69) is 6.58 Å². The summed E-state index contributed by atoms with van der Waals surface area (Å²) in [5, 5.41) is 9.22. The largest absolute Gasteiger partial charge is 0.368 e. The van der Waals surface area contributed by atoms with Crippen LogP contribution in [0, 0.1) is 5.92 Å². The molecule has 3 unspecified atom stereocenters. The lowest BCUT2D eigenvalue weighted by Gasteiger charge is -2.08. The molecule has 1 aliphatic heterocycles. The molecule has 2 nitrogen and oxygen atoms in total. The minimum atomic E-state index is -0.562. The van der Waals surface area contributed by atoms with Gasteiger partial charge in [-0.15, -0.1) is 6.58 Å². The van der Waals surface area contributed by atoms with Crippen molar-refractivity contribution in [2.75, 3.05) is 0 Å². The Morgan fingerprint density at radius 2 is 2.50 bits per heavy atom. The predicted octanol–water partition coefficient (Wildman–Crippen LogP) is 1.31. The number of aliphatic hydroxyl groups excluding tert-OH is 1. The molecular formula is C8H14O2. The topological polar surface area (TPSA) is 29.5 Å². The smallest absolute Gasteiger partial charge is 0.158 e. The van der Waals surface area contributed by atoms with E-state index in [0.29, 0.717) is 0 Å². The Bertz CT molecular complexity index is 122. The quantitative estimate of drug-likeness (QED) is 0.589. The molecule has 0 aliphatic carbocycles. The predicted molar refractivity (Wildman–Crippen MR) is 39.5 cm³/mol. The molecule has 0 bridgehead atoms. The van der Waals surface area contributed by atoms with Gasteiger partial charge in [0.15, 0.2) is 6.29 Å². The molecule has 1 aliphatic rings. The highest BCUT2D eigenvalue weighted by Crippen LogP contribution is 2.27. The summed E-state index contributed by atoms with van der Waals surface area (Å²) in [6.45, 7) is 5.60. The van der Waals surface area contributed by atoms with Gasteiger partial charge in [-0.2, -0.15) is 0 Å². The van der Waals surface area contributed by atoms with Gasteiger partial charge in [-0.1, -0.05) is 6.08 Å². The molecule has 10 heavy (non-hydrogen) atoms. The summed E-state index contributed by atoms with van der Waals surface area (Å²) in [5.74, 6) is 0.271. The van der Waals surface area contributed by atoms with Gasteiger partial charge in [-0.25, -0.2) is 0 Å². The first-order chi connectivity index (χ1) is 4.74. The van der Waals surface area contributed by atoms with Gasteiger partial charge in [-0.05, 0) is 19.8 Å². The Balaban J connectivity index is 2.38. The van der Waals surface area contributed by atoms with Crippen molar-refractivity contribution < 1.29 is 9.84 Å². The monoisotopic (exact) mass is 142 g/mol. The molecule has 0 aromatic rings. The second-order valence-electron chi connectivity index (χ2n) is 2.86. The molecule has 1 N–H and O–H groups in total. The third-order valence-electron chi connectivity index (χ3n) is 1.88. The molecule has 1 rings (SSSR count). The van der Waals surface area contributed by atoms with E-state index in [9.17, 15) is 5.11 Å². The maximum atomic E-state index is 9.22. The van der Waals surface area contributed by atoms with Gasteiger partial charge < -0.3 is 9.84 Å². The van der Waals surface area contributed by atoms with Crippen molar-refractivity contribution in [1.82, 2.24) is 0 Å². The normalized spacial score (nSPS) is 40.0. The Morgan fingerprint density at radius 1 is 1.80 bits per heavy atom. The highest BCUT2D eigenvalue weighted by Gasteiger charge is 2.29. The summed E-state index contributed by atoms with van der Waals surface area (Å²) in [5.41, 5.74) is 0. The lowest BCUT2D eigenvalue weighted by molar-refractivity contribution is -0.103. The zero-order chi connectivity index (χ0) is 7.56. The van der Waals surface area contributed by atoms with Crippen LogP contribution in [0.1, 0.15) is 19.8 Å². The van der Waals surface area contributed by atoms with Gasteiger partial charge in [0.1, 0.15) is 0 Å². The number of hydrogen-bond donors (Lipinski definition) is 1. The van der Waals surface area contributed by atoms with E-state index in [1.165, 1.54) is 0 Å². The number of hydrogen-bond acceptors (Lipinski definition) is 2. The maximum absolute atomic E-state index is 9.22. The molecule has 0 aromatic heterocycles. The average molecular weight is 142 g/mol. The molecule has 1 saturated heterocycles. The fraction of sp³-hybridized carbons (Fsp3) is 0.750. The second kappa shape index (κ2) is 3.17. The van der Waals surface area contributed by atoms with E-state index >= 15 is 0 Å². The van der Waals surface area contributed by atoms with Crippen molar-refractivity contribution >= 4 is 0 Å². The third kappa shape index (κ3) is 1.58. The fourth-order valence-electron chi connectivity index (χ4n) is 1.37. The van der Waals surface area contributed by atoms with Gasteiger partial charge >= 0.3 is 0 Å². The second-order valence-corrected chi connectivity index (χ2v) is 2.86. The summed E-state index contributed by atoms with van der Waals surface area (Å²) >= 11 is 0. The zero-order valence-electron chi connectivity index (χ0n) is 6.29. The van der Waals surface area contributed by atoms with Crippen LogP contribution >= 0.6 is 0 Å². The third-order valence-corrected chi connectivity index (χ3v) is 1.88. The van der Waals surface area contributed by atoms with E-state index in [4.69, 9.17) is 4.74 Å². The minimum Gasteiger partial charge on any atom is -0.368 e. The van der Waals surface area contributed by atoms with Crippen molar-refractivity contribution in [1.29, 1.82) is 0 Å². The van der Waals surface area contributed by atoms with E-state index in [-0.39, 0.29) is 12.0 Å². The van der Waals surface area contributed by atoms with Gasteiger partial charge in [0.2, 0.25) is 0 Å². The molecule has 1 heterocycles. The van der Waals surface area contributed by atoms with Gasteiger partial charge in [0, 0.05) is 5.92 Å². The molecule has 2 heteroatoms. The number of aliphatic hydroxyl groups is 1. The molecule has 0 aromatic carbocycles. The van der Waals surface area contributed by atoms with Crippen LogP contribution < -0.4 is 0 Å². The lowest BCUT2D eigenvalue weighted by atomic mass is 10.0. The van der Waals surface area contributed by atoms with Crippen LogP contribution in [0.15, 0.2) is 12.7 Å². The summed E-state index contributed by atoms with van der Waals surface area (Å²) in [4.78, 5) is 0. The standard InChI is InChI=1S/C8H14O2/c1-3-4-7-5-6(2)10-8(7)9/h3,6-9H,1,4-5H2,2H3. The molecule has 1 fully saturated rings. The van der Waals surface area contributed by atoms with Gasteiger partial charge in [0.05, 0.1) is 6.10 Å². The summed E-state index contributed by atoms with van der Waals surface area (Å²) < 4.78 is 5.13. The van der Waals surface area contributed by atoms with Crippen LogP contribution in [0.3, 0.4) is 0 Å². The van der Waals surface area contributed by atoms with E-state index in [1.807, 2.05) is 13.0 Å². The van der Waals surface area contributed by atoms with Crippen molar-refractivity contribution in [3.63, 3.8) is 0 Å². The molecule has 3 atom stereocenters. The van der Waals surface area contributed by atoms with Crippen LogP contribution in [0.25, 0.3) is 0 Å². The van der Waals surface area contributed by atoms with E-state index in [1.54, 1.807) is 0 Å². The first-order valence-electron chi connectivity index (χ1n) is 3.68. The summed E-state index contributed by atoms with van der Waals surface area (Å²) in [6.07, 6.45) is 3.28. The Hall–Kier alpha value is -0.340. The molecule has 0 saturated carbocycles. The van der Waals surface area contributed by atoms with Crippen molar-refractivity contribution in [3.05, 3.63) is 12.7 Å². The van der Waals surface area contributed by atoms with Crippen LogP contribution in [-0.4, -0.2) is 17.5 Å². The highest BCUT2D eigenvalue weighted by molar-refractivity contribution is 4.80. The minimum absolute atomic E-state index is 0.208. The molecule has 0 spiro atoms. The molecule has 0 radical (unpaired) electrons. The Morgan fingerprint density at radius 3 is 2.90 bits per heavy atom. The fourth-order valence-corrected chi connectivity index (χ4v) is 1.37. The van der Waals surface area contributed by atoms with Crippen LogP contribution in [0.4, 0.5) is 0 Å². The first kappa shape index (κ1) is 7.76. The zero-order valence-corrected chi connectivity index (χ0v) is 6.29. The summed E-state index contributed by atoms with van der Waals surface area (Å²) in [6, 6.07) is 0. The average Bonchev–Trinajstić information content (AvgIpc) is 2.13. The SMILES string of the molecule is C=CCC1CC(C)OC1O. The number of allylic oxidation sites excluding steroid dienone is 1. The maximum Gasteiger partial charge on any atom is 0.158 e. The van der Waals surface area contributed by atoms with Crippen molar-refractivity contribution in [2.24, 2.45) is 5.92 Å². The molecule has 58 valence electrons. The van der Waals surface area contributed by atoms with Crippen LogP contribution in [-0.2, 0) is 4.74 Å². The molecule has 0 amide bonds. The van der Waals surface area contributed by atoms with Crippen molar-refractivity contribution in [2.45, 2.75) is 32.2 Å². The van der Waals surface area contributed by atoms with Gasteiger partial charge in [0.25, 0.3) is 0 Å². The molecular weight excluding hydrogens is 128 g/mol. The van der Waals surface area contributed by atoms with Gasteiger partial charge in [-0.3, -0.25) is 0 Å². The lowest BCUT2D eigenvalue weighted by Crippen LogP contribution is -2.13. The highest BCUT2D eigenvalue weighted by atomic mass is 16.6. The Kier molecular flexibility index (Phi) is 2.46. The number of ether oxygens (including phenoxy) is 1.